The Balaban J connectivity index is 1.58. The predicted molar refractivity (Wildman–Crippen MR) is 96.1 cm³/mol. The lowest BCUT2D eigenvalue weighted by atomic mass is 10.1. The third-order valence-electron chi connectivity index (χ3n) is 5.19. The van der Waals surface area contributed by atoms with E-state index in [1.54, 1.807) is 4.90 Å². The van der Waals surface area contributed by atoms with Crippen LogP contribution in [0.5, 0.6) is 0 Å². The van der Waals surface area contributed by atoms with E-state index in [9.17, 15) is 18.0 Å². The number of nitrogens with zero attached hydrogens (tertiary/aromatic N) is 1. The Morgan fingerprint density at radius 3 is 2.68 bits per heavy atom. The molecule has 7 heteroatoms. The molecule has 6 nitrogen and oxygen atoms in total. The molecule has 2 atom stereocenters. The Kier molecular flexibility index (Phi) is 4.86. The zero-order valence-electron chi connectivity index (χ0n) is 14.6. The Hall–Kier alpha value is -1.89. The van der Waals surface area contributed by atoms with Gasteiger partial charge in [-0.3, -0.25) is 9.59 Å². The molecule has 1 aromatic carbocycles. The zero-order valence-corrected chi connectivity index (χ0v) is 15.4. The molecule has 2 unspecified atom stereocenters. The number of rotatable bonds is 4. The summed E-state index contributed by atoms with van der Waals surface area (Å²) in [5.74, 6) is -0.258. The molecule has 3 rings (SSSR count). The molecule has 1 N–H and O–H groups in total. The van der Waals surface area contributed by atoms with Gasteiger partial charge in [0.15, 0.2) is 9.84 Å². The molecule has 0 aromatic heterocycles. The lowest BCUT2D eigenvalue weighted by molar-refractivity contribution is -0.126. The highest BCUT2D eigenvalue weighted by atomic mass is 32.2. The highest BCUT2D eigenvalue weighted by Gasteiger charge is 2.36. The number of carbonyl (C=O) groups is 2. The monoisotopic (exact) mass is 364 g/mol. The van der Waals surface area contributed by atoms with Gasteiger partial charge in [-0.1, -0.05) is 6.07 Å². The molecule has 2 heterocycles. The third-order valence-corrected chi connectivity index (χ3v) is 7.03. The van der Waals surface area contributed by atoms with Crippen molar-refractivity contribution in [3.63, 3.8) is 0 Å². The number of carbonyl (C=O) groups excluding carboxylic acids is 2. The van der Waals surface area contributed by atoms with Crippen molar-refractivity contribution in [2.24, 2.45) is 11.8 Å². The first-order valence-corrected chi connectivity index (χ1v) is 10.4. The molecule has 2 fully saturated rings. The van der Waals surface area contributed by atoms with Crippen LogP contribution in [0.15, 0.2) is 18.2 Å². The summed E-state index contributed by atoms with van der Waals surface area (Å²) in [7, 11) is -2.94. The van der Waals surface area contributed by atoms with E-state index in [0.717, 1.165) is 16.8 Å². The summed E-state index contributed by atoms with van der Waals surface area (Å²) in [4.78, 5) is 26.3. The second-order valence-corrected chi connectivity index (χ2v) is 9.42. The second-order valence-electron chi connectivity index (χ2n) is 7.19. The van der Waals surface area contributed by atoms with E-state index in [-0.39, 0.29) is 41.6 Å². The van der Waals surface area contributed by atoms with E-state index in [0.29, 0.717) is 19.5 Å². The predicted octanol–water partition coefficient (Wildman–Crippen LogP) is 1.21. The maximum absolute atomic E-state index is 12.4. The lowest BCUT2D eigenvalue weighted by Crippen LogP contribution is -2.36. The molecular formula is C18H24N2O4S. The molecule has 2 saturated heterocycles. The average molecular weight is 364 g/mol. The first kappa shape index (κ1) is 17.9. The molecular weight excluding hydrogens is 340 g/mol. The zero-order chi connectivity index (χ0) is 18.2. The van der Waals surface area contributed by atoms with Crippen LogP contribution in [-0.2, 0) is 19.4 Å². The van der Waals surface area contributed by atoms with Crippen molar-refractivity contribution in [1.82, 2.24) is 5.32 Å². The summed E-state index contributed by atoms with van der Waals surface area (Å²) in [6, 6.07) is 5.85. The average Bonchev–Trinajstić information content (AvgIpc) is 3.10. The number of anilines is 1. The second kappa shape index (κ2) is 6.78. The Morgan fingerprint density at radius 2 is 2.04 bits per heavy atom. The Bertz CT molecular complexity index is 803. The maximum Gasteiger partial charge on any atom is 0.227 e. The van der Waals surface area contributed by atoms with E-state index < -0.39 is 9.84 Å². The Morgan fingerprint density at radius 1 is 1.28 bits per heavy atom. The SMILES string of the molecule is Cc1ccc(N2CC(C(=O)NCC3CCS(=O)(=O)C3)CC2=O)cc1C. The van der Waals surface area contributed by atoms with Crippen LogP contribution in [0.25, 0.3) is 0 Å². The fraction of sp³-hybridized carbons (Fsp3) is 0.556. The van der Waals surface area contributed by atoms with Gasteiger partial charge in [0.25, 0.3) is 0 Å². The number of benzene rings is 1. The number of sulfone groups is 1. The van der Waals surface area contributed by atoms with Gasteiger partial charge in [-0.15, -0.1) is 0 Å². The molecule has 2 aliphatic heterocycles. The summed E-state index contributed by atoms with van der Waals surface area (Å²) in [6.45, 7) is 4.76. The van der Waals surface area contributed by atoms with Gasteiger partial charge in [0, 0.05) is 25.2 Å². The molecule has 2 amide bonds. The van der Waals surface area contributed by atoms with Crippen LogP contribution in [0, 0.1) is 25.7 Å². The van der Waals surface area contributed by atoms with Crippen molar-refractivity contribution in [3.8, 4) is 0 Å². The minimum Gasteiger partial charge on any atom is -0.355 e. The van der Waals surface area contributed by atoms with E-state index in [1.807, 2.05) is 32.0 Å². The van der Waals surface area contributed by atoms with Crippen LogP contribution >= 0.6 is 0 Å². The first-order chi connectivity index (χ1) is 11.7. The van der Waals surface area contributed by atoms with Crippen molar-refractivity contribution in [2.45, 2.75) is 26.7 Å². The molecule has 25 heavy (non-hydrogen) atoms. The van der Waals surface area contributed by atoms with Gasteiger partial charge >= 0.3 is 0 Å². The third kappa shape index (κ3) is 4.03. The van der Waals surface area contributed by atoms with E-state index >= 15 is 0 Å². The smallest absolute Gasteiger partial charge is 0.227 e. The Labute approximate surface area is 148 Å². The van der Waals surface area contributed by atoms with Gasteiger partial charge in [0.2, 0.25) is 11.8 Å². The van der Waals surface area contributed by atoms with E-state index in [1.165, 1.54) is 0 Å². The summed E-state index contributed by atoms with van der Waals surface area (Å²) < 4.78 is 22.9. The highest BCUT2D eigenvalue weighted by Crippen LogP contribution is 2.27. The molecule has 1 aromatic rings. The van der Waals surface area contributed by atoms with Gasteiger partial charge in [0.1, 0.15) is 0 Å². The van der Waals surface area contributed by atoms with Crippen LogP contribution < -0.4 is 10.2 Å². The van der Waals surface area contributed by atoms with Crippen LogP contribution in [0.4, 0.5) is 5.69 Å². The van der Waals surface area contributed by atoms with Crippen LogP contribution in [0.1, 0.15) is 24.0 Å². The number of hydrogen-bond donors (Lipinski definition) is 1. The van der Waals surface area contributed by atoms with Crippen LogP contribution in [0.3, 0.4) is 0 Å². The normalized spacial score (nSPS) is 25.4. The fourth-order valence-corrected chi connectivity index (χ4v) is 5.31. The standard InChI is InChI=1S/C18H24N2O4S/c1-12-3-4-16(7-13(12)2)20-10-15(8-17(20)21)18(22)19-9-14-5-6-25(23,24)11-14/h3-4,7,14-15H,5-6,8-11H2,1-2H3,(H,19,22). The highest BCUT2D eigenvalue weighted by molar-refractivity contribution is 7.91. The molecule has 0 bridgehead atoms. The van der Waals surface area contributed by atoms with Gasteiger partial charge in [-0.25, -0.2) is 8.42 Å². The largest absolute Gasteiger partial charge is 0.355 e. The number of nitrogens with one attached hydrogen (secondary N) is 1. The minimum absolute atomic E-state index is 0.0121. The molecule has 2 aliphatic rings. The van der Waals surface area contributed by atoms with Crippen molar-refractivity contribution >= 4 is 27.3 Å². The van der Waals surface area contributed by atoms with Gasteiger partial charge in [-0.05, 0) is 49.4 Å². The van der Waals surface area contributed by atoms with Crippen molar-refractivity contribution in [2.75, 3.05) is 29.5 Å². The number of aryl methyl sites for hydroxylation is 2. The topological polar surface area (TPSA) is 83.6 Å². The van der Waals surface area contributed by atoms with E-state index in [4.69, 9.17) is 0 Å². The van der Waals surface area contributed by atoms with Crippen LogP contribution in [-0.4, -0.2) is 44.8 Å². The lowest BCUT2D eigenvalue weighted by Gasteiger charge is -2.18. The molecule has 0 aliphatic carbocycles. The quantitative estimate of drug-likeness (QED) is 0.870. The van der Waals surface area contributed by atoms with Crippen molar-refractivity contribution < 1.29 is 18.0 Å². The molecule has 136 valence electrons. The number of amides is 2. The minimum atomic E-state index is -2.94. The molecule has 0 radical (unpaired) electrons. The fourth-order valence-electron chi connectivity index (χ4n) is 3.45. The van der Waals surface area contributed by atoms with Gasteiger partial charge in [-0.2, -0.15) is 0 Å². The van der Waals surface area contributed by atoms with Gasteiger partial charge in [0.05, 0.1) is 17.4 Å². The van der Waals surface area contributed by atoms with Gasteiger partial charge < -0.3 is 10.2 Å². The van der Waals surface area contributed by atoms with E-state index in [2.05, 4.69) is 5.32 Å². The van der Waals surface area contributed by atoms with Crippen molar-refractivity contribution in [1.29, 1.82) is 0 Å². The summed E-state index contributed by atoms with van der Waals surface area (Å²) in [6.07, 6.45) is 0.794. The van der Waals surface area contributed by atoms with Crippen LogP contribution in [0.2, 0.25) is 0 Å². The first-order valence-electron chi connectivity index (χ1n) is 8.61. The maximum atomic E-state index is 12.4. The number of hydrogen-bond acceptors (Lipinski definition) is 4. The summed E-state index contributed by atoms with van der Waals surface area (Å²) in [5, 5.41) is 2.84. The molecule has 0 saturated carbocycles. The summed E-state index contributed by atoms with van der Waals surface area (Å²) in [5.41, 5.74) is 3.10. The summed E-state index contributed by atoms with van der Waals surface area (Å²) >= 11 is 0. The van der Waals surface area contributed by atoms with Crippen molar-refractivity contribution in [3.05, 3.63) is 29.3 Å². The molecule has 0 spiro atoms.